The van der Waals surface area contributed by atoms with E-state index < -0.39 is 0 Å². The summed E-state index contributed by atoms with van der Waals surface area (Å²) in [7, 11) is 1.53. The summed E-state index contributed by atoms with van der Waals surface area (Å²) in [6, 6.07) is 14.2. The van der Waals surface area contributed by atoms with Gasteiger partial charge in [-0.3, -0.25) is 9.59 Å². The fraction of sp³-hybridized carbons (Fsp3) is 0.222. The van der Waals surface area contributed by atoms with Crippen LogP contribution in [0.4, 0.5) is 0 Å². The van der Waals surface area contributed by atoms with Gasteiger partial charge in [-0.25, -0.2) is 0 Å². The van der Waals surface area contributed by atoms with Crippen molar-refractivity contribution in [1.82, 2.24) is 10.6 Å². The zero-order valence-electron chi connectivity index (χ0n) is 13.3. The molecule has 0 atom stereocenters. The molecule has 2 aromatic rings. The van der Waals surface area contributed by atoms with E-state index in [0.29, 0.717) is 29.3 Å². The van der Waals surface area contributed by atoms with Crippen LogP contribution in [0.2, 0.25) is 5.02 Å². The lowest BCUT2D eigenvalue weighted by Gasteiger charge is -2.08. The van der Waals surface area contributed by atoms with Crippen LogP contribution in [0.3, 0.4) is 0 Å². The van der Waals surface area contributed by atoms with Crippen molar-refractivity contribution in [2.45, 2.75) is 6.42 Å². The summed E-state index contributed by atoms with van der Waals surface area (Å²) in [6.07, 6.45) is 0.701. The summed E-state index contributed by atoms with van der Waals surface area (Å²) >= 11 is 5.82. The fourth-order valence-corrected chi connectivity index (χ4v) is 2.21. The molecule has 0 heterocycles. The Hall–Kier alpha value is -2.53. The van der Waals surface area contributed by atoms with Crippen LogP contribution in [0.5, 0.6) is 5.75 Å². The maximum absolute atomic E-state index is 12.0. The number of benzene rings is 2. The van der Waals surface area contributed by atoms with E-state index in [1.165, 1.54) is 7.11 Å². The Bertz CT molecular complexity index is 702. The van der Waals surface area contributed by atoms with Crippen LogP contribution in [0.15, 0.2) is 48.5 Å². The summed E-state index contributed by atoms with van der Waals surface area (Å²) in [5.74, 6) is 0.0389. The molecule has 0 radical (unpaired) electrons. The van der Waals surface area contributed by atoms with Crippen molar-refractivity contribution < 1.29 is 14.3 Å². The number of rotatable bonds is 7. The summed E-state index contributed by atoms with van der Waals surface area (Å²) in [5, 5.41) is 6.03. The van der Waals surface area contributed by atoms with Gasteiger partial charge in [0, 0.05) is 17.1 Å². The molecular formula is C18H19ClN2O3. The third-order valence-corrected chi connectivity index (χ3v) is 3.64. The minimum atomic E-state index is -0.318. The van der Waals surface area contributed by atoms with Gasteiger partial charge in [-0.05, 0) is 42.3 Å². The third kappa shape index (κ3) is 5.59. The van der Waals surface area contributed by atoms with E-state index in [4.69, 9.17) is 16.3 Å². The first-order valence-electron chi connectivity index (χ1n) is 7.52. The van der Waals surface area contributed by atoms with Crippen molar-refractivity contribution >= 4 is 23.4 Å². The molecule has 0 aliphatic rings. The average Bonchev–Trinajstić information content (AvgIpc) is 2.61. The molecule has 5 nitrogen and oxygen atoms in total. The van der Waals surface area contributed by atoms with E-state index in [2.05, 4.69) is 10.6 Å². The average molecular weight is 347 g/mol. The molecule has 0 saturated carbocycles. The van der Waals surface area contributed by atoms with Gasteiger partial charge in [-0.15, -0.1) is 0 Å². The van der Waals surface area contributed by atoms with E-state index in [9.17, 15) is 9.59 Å². The molecule has 0 fully saturated rings. The number of methoxy groups -OCH3 is 1. The Kier molecular flexibility index (Phi) is 6.63. The number of hydrogen-bond acceptors (Lipinski definition) is 3. The van der Waals surface area contributed by atoms with Gasteiger partial charge in [0.1, 0.15) is 5.75 Å². The van der Waals surface area contributed by atoms with Crippen LogP contribution in [0.1, 0.15) is 15.9 Å². The monoisotopic (exact) mass is 346 g/mol. The third-order valence-electron chi connectivity index (χ3n) is 3.39. The molecule has 0 saturated heterocycles. The number of carbonyl (C=O) groups is 2. The Morgan fingerprint density at radius 3 is 2.54 bits per heavy atom. The van der Waals surface area contributed by atoms with Crippen LogP contribution < -0.4 is 15.4 Å². The molecule has 2 aromatic carbocycles. The summed E-state index contributed by atoms with van der Waals surface area (Å²) in [5.41, 5.74) is 1.53. The number of amides is 2. The Morgan fingerprint density at radius 2 is 1.83 bits per heavy atom. The Labute approximate surface area is 146 Å². The van der Waals surface area contributed by atoms with E-state index in [0.717, 1.165) is 5.56 Å². The van der Waals surface area contributed by atoms with Gasteiger partial charge in [0.25, 0.3) is 5.91 Å². The Morgan fingerprint density at radius 1 is 1.08 bits per heavy atom. The first-order chi connectivity index (χ1) is 11.6. The molecule has 2 amide bonds. The lowest BCUT2D eigenvalue weighted by atomic mass is 10.1. The first-order valence-corrected chi connectivity index (χ1v) is 7.89. The largest absolute Gasteiger partial charge is 0.497 e. The second-order valence-electron chi connectivity index (χ2n) is 5.14. The van der Waals surface area contributed by atoms with Crippen molar-refractivity contribution in [2.24, 2.45) is 0 Å². The van der Waals surface area contributed by atoms with Crippen molar-refractivity contribution in [1.29, 1.82) is 0 Å². The van der Waals surface area contributed by atoms with Crippen LogP contribution in [-0.2, 0) is 11.2 Å². The van der Waals surface area contributed by atoms with Crippen molar-refractivity contribution in [3.8, 4) is 5.75 Å². The molecule has 126 valence electrons. The molecular weight excluding hydrogens is 328 g/mol. The molecule has 0 aliphatic carbocycles. The Balaban J connectivity index is 1.72. The van der Waals surface area contributed by atoms with Crippen LogP contribution in [0, 0.1) is 0 Å². The smallest absolute Gasteiger partial charge is 0.251 e. The van der Waals surface area contributed by atoms with Crippen molar-refractivity contribution in [2.75, 3.05) is 20.2 Å². The molecule has 2 rings (SSSR count). The number of halogens is 1. The second-order valence-corrected chi connectivity index (χ2v) is 5.58. The van der Waals surface area contributed by atoms with Crippen LogP contribution >= 0.6 is 11.6 Å². The highest BCUT2D eigenvalue weighted by atomic mass is 35.5. The summed E-state index contributed by atoms with van der Waals surface area (Å²) in [4.78, 5) is 23.8. The maximum Gasteiger partial charge on any atom is 0.251 e. The van der Waals surface area contributed by atoms with Gasteiger partial charge < -0.3 is 15.4 Å². The van der Waals surface area contributed by atoms with Gasteiger partial charge in [-0.2, -0.15) is 0 Å². The van der Waals surface area contributed by atoms with Gasteiger partial charge >= 0.3 is 0 Å². The minimum Gasteiger partial charge on any atom is -0.497 e. The predicted molar refractivity (Wildman–Crippen MR) is 93.5 cm³/mol. The van der Waals surface area contributed by atoms with E-state index >= 15 is 0 Å². The lowest BCUT2D eigenvalue weighted by molar-refractivity contribution is -0.120. The van der Waals surface area contributed by atoms with E-state index in [-0.39, 0.29) is 18.4 Å². The van der Waals surface area contributed by atoms with Gasteiger partial charge in [0.2, 0.25) is 5.91 Å². The van der Waals surface area contributed by atoms with Gasteiger partial charge in [0.15, 0.2) is 0 Å². The minimum absolute atomic E-state index is 0.0728. The van der Waals surface area contributed by atoms with E-state index in [1.807, 2.05) is 24.3 Å². The van der Waals surface area contributed by atoms with Crippen molar-refractivity contribution in [3.05, 3.63) is 64.7 Å². The molecule has 0 aromatic heterocycles. The predicted octanol–water partition coefficient (Wildman–Crippen LogP) is 2.44. The zero-order valence-corrected chi connectivity index (χ0v) is 14.1. The topological polar surface area (TPSA) is 67.4 Å². The maximum atomic E-state index is 12.0. The zero-order chi connectivity index (χ0) is 17.4. The number of nitrogens with one attached hydrogen (secondary N) is 2. The summed E-state index contributed by atoms with van der Waals surface area (Å²) in [6.45, 7) is 0.423. The number of hydrogen-bond donors (Lipinski definition) is 2. The molecule has 24 heavy (non-hydrogen) atoms. The van der Waals surface area contributed by atoms with Gasteiger partial charge in [-0.1, -0.05) is 29.8 Å². The molecule has 0 bridgehead atoms. The quantitative estimate of drug-likeness (QED) is 0.809. The highest BCUT2D eigenvalue weighted by Crippen LogP contribution is 2.12. The lowest BCUT2D eigenvalue weighted by Crippen LogP contribution is -2.37. The molecule has 0 unspecified atom stereocenters. The normalized spacial score (nSPS) is 10.1. The van der Waals surface area contributed by atoms with Crippen LogP contribution in [0.25, 0.3) is 0 Å². The molecule has 0 aliphatic heterocycles. The molecule has 2 N–H and O–H groups in total. The number of ether oxygens (including phenoxy) is 1. The van der Waals surface area contributed by atoms with E-state index in [1.54, 1.807) is 24.3 Å². The molecule has 0 spiro atoms. The summed E-state index contributed by atoms with van der Waals surface area (Å²) < 4.78 is 5.07. The van der Waals surface area contributed by atoms with Crippen LogP contribution in [-0.4, -0.2) is 32.0 Å². The SMILES string of the molecule is COc1cccc(C(=O)NCC(=O)NCCc2ccc(Cl)cc2)c1. The first kappa shape index (κ1) is 17.8. The van der Waals surface area contributed by atoms with Gasteiger partial charge in [0.05, 0.1) is 13.7 Å². The molecule has 6 heteroatoms. The standard InChI is InChI=1S/C18H19ClN2O3/c1-24-16-4-2-3-14(11-16)18(23)21-12-17(22)20-10-9-13-5-7-15(19)8-6-13/h2-8,11H,9-10,12H2,1H3,(H,20,22)(H,21,23). The second kappa shape index (κ2) is 8.93. The fourth-order valence-electron chi connectivity index (χ4n) is 2.09. The van der Waals surface area contributed by atoms with Crippen molar-refractivity contribution in [3.63, 3.8) is 0 Å². The number of carbonyl (C=O) groups excluding carboxylic acids is 2. The highest BCUT2D eigenvalue weighted by Gasteiger charge is 2.08. The highest BCUT2D eigenvalue weighted by molar-refractivity contribution is 6.30.